The number of thioether (sulfide) groups is 1. The normalized spacial score (nSPS) is 14.9. The molecule has 0 amide bonds. The van der Waals surface area contributed by atoms with E-state index in [9.17, 15) is 0 Å². The van der Waals surface area contributed by atoms with Crippen molar-refractivity contribution in [2.24, 2.45) is 5.41 Å². The van der Waals surface area contributed by atoms with Crippen molar-refractivity contribution in [1.82, 2.24) is 0 Å². The van der Waals surface area contributed by atoms with Crippen molar-refractivity contribution in [3.63, 3.8) is 0 Å². The van der Waals surface area contributed by atoms with E-state index in [0.717, 1.165) is 37.4 Å². The van der Waals surface area contributed by atoms with Crippen LogP contribution in [0.25, 0.3) is 0 Å². The van der Waals surface area contributed by atoms with Crippen LogP contribution < -0.4 is 10.6 Å². The summed E-state index contributed by atoms with van der Waals surface area (Å²) in [5.41, 5.74) is 7.74. The van der Waals surface area contributed by atoms with Crippen LogP contribution in [-0.4, -0.2) is 18.8 Å². The molecule has 3 nitrogen and oxygen atoms in total. The highest BCUT2D eigenvalue weighted by Gasteiger charge is 2.20. The molecular weight excluding hydrogens is 254 g/mol. The lowest BCUT2D eigenvalue weighted by Crippen LogP contribution is -2.30. The summed E-state index contributed by atoms with van der Waals surface area (Å²) >= 11 is 1.90. The van der Waals surface area contributed by atoms with Crippen LogP contribution in [0.3, 0.4) is 0 Å². The molecule has 0 saturated carbocycles. The summed E-state index contributed by atoms with van der Waals surface area (Å²) in [4.78, 5) is 3.72. The molecule has 1 aromatic carbocycles. The Morgan fingerprint density at radius 1 is 1.47 bits per heavy atom. The van der Waals surface area contributed by atoms with E-state index in [1.807, 2.05) is 31.7 Å². The molecule has 0 radical (unpaired) electrons. The van der Waals surface area contributed by atoms with Gasteiger partial charge >= 0.3 is 0 Å². The van der Waals surface area contributed by atoms with E-state index in [2.05, 4.69) is 23.1 Å². The van der Waals surface area contributed by atoms with Crippen molar-refractivity contribution in [2.75, 3.05) is 29.5 Å². The average molecular weight is 275 g/mol. The zero-order chi connectivity index (χ0) is 13.9. The predicted molar refractivity (Wildman–Crippen MR) is 82.4 cm³/mol. The van der Waals surface area contributed by atoms with Gasteiger partial charge in [-0.2, -0.15) is 5.26 Å². The van der Waals surface area contributed by atoms with Crippen LogP contribution >= 0.6 is 11.8 Å². The molecule has 0 aromatic heterocycles. The van der Waals surface area contributed by atoms with Crippen molar-refractivity contribution in [1.29, 1.82) is 5.26 Å². The van der Waals surface area contributed by atoms with Crippen molar-refractivity contribution in [2.45, 2.75) is 31.6 Å². The molecule has 2 rings (SSSR count). The molecule has 1 heterocycles. The van der Waals surface area contributed by atoms with Gasteiger partial charge in [0, 0.05) is 29.4 Å². The van der Waals surface area contributed by atoms with E-state index in [1.54, 1.807) is 0 Å². The minimum atomic E-state index is -0.219. The lowest BCUT2D eigenvalue weighted by atomic mass is 9.90. The van der Waals surface area contributed by atoms with Gasteiger partial charge in [-0.25, -0.2) is 0 Å². The highest BCUT2D eigenvalue weighted by Crippen LogP contribution is 2.36. The van der Waals surface area contributed by atoms with Gasteiger partial charge < -0.3 is 10.6 Å². The van der Waals surface area contributed by atoms with E-state index in [4.69, 9.17) is 11.0 Å². The second-order valence-corrected chi connectivity index (χ2v) is 6.80. The third-order valence-corrected chi connectivity index (χ3v) is 4.52. The monoisotopic (exact) mass is 275 g/mol. The molecule has 0 unspecified atom stereocenters. The molecule has 0 bridgehead atoms. The number of hydrogen-bond acceptors (Lipinski definition) is 4. The lowest BCUT2D eigenvalue weighted by molar-refractivity contribution is 0.434. The molecule has 102 valence electrons. The Morgan fingerprint density at radius 2 is 2.26 bits per heavy atom. The van der Waals surface area contributed by atoms with E-state index < -0.39 is 0 Å². The molecule has 1 aliphatic heterocycles. The minimum Gasteiger partial charge on any atom is -0.399 e. The van der Waals surface area contributed by atoms with Gasteiger partial charge in [-0.05, 0) is 44.9 Å². The predicted octanol–water partition coefficient (Wildman–Crippen LogP) is 3.51. The van der Waals surface area contributed by atoms with Crippen molar-refractivity contribution < 1.29 is 0 Å². The Hall–Kier alpha value is -1.34. The standard InChI is InChI=1S/C15H21N3S/c1-15(2,11-16)6-3-7-18-8-9-19-14-5-4-12(17)10-13(14)18/h4-5,10H,3,6-9,17H2,1-2H3. The van der Waals surface area contributed by atoms with Gasteiger partial charge in [0.25, 0.3) is 0 Å². The SMILES string of the molecule is CC(C)(C#N)CCCN1CCSc2ccc(N)cc21. The fourth-order valence-corrected chi connectivity index (χ4v) is 3.32. The number of nitrogens with two attached hydrogens (primary N) is 1. The second-order valence-electron chi connectivity index (χ2n) is 5.66. The first-order chi connectivity index (χ1) is 9.02. The number of nitrogen functional groups attached to an aromatic ring is 1. The molecular formula is C15H21N3S. The molecule has 4 heteroatoms. The first-order valence-electron chi connectivity index (χ1n) is 6.70. The van der Waals surface area contributed by atoms with Gasteiger partial charge in [0.05, 0.1) is 17.2 Å². The number of anilines is 2. The van der Waals surface area contributed by atoms with Gasteiger partial charge in [0.2, 0.25) is 0 Å². The largest absolute Gasteiger partial charge is 0.399 e. The summed E-state index contributed by atoms with van der Waals surface area (Å²) in [6.07, 6.45) is 1.98. The number of nitrogens with zero attached hydrogens (tertiary/aromatic N) is 2. The molecule has 1 aliphatic rings. The molecule has 19 heavy (non-hydrogen) atoms. The zero-order valence-electron chi connectivity index (χ0n) is 11.6. The summed E-state index contributed by atoms with van der Waals surface area (Å²) in [6, 6.07) is 8.51. The van der Waals surface area contributed by atoms with Crippen LogP contribution in [0.4, 0.5) is 11.4 Å². The highest BCUT2D eigenvalue weighted by molar-refractivity contribution is 7.99. The van der Waals surface area contributed by atoms with Crippen LogP contribution in [-0.2, 0) is 0 Å². The maximum Gasteiger partial charge on any atom is 0.0683 e. The molecule has 0 fully saturated rings. The maximum atomic E-state index is 9.04. The van der Waals surface area contributed by atoms with E-state index in [1.165, 1.54) is 10.6 Å². The van der Waals surface area contributed by atoms with Crippen LogP contribution in [0.15, 0.2) is 23.1 Å². The molecule has 0 saturated heterocycles. The molecule has 2 N–H and O–H groups in total. The quantitative estimate of drug-likeness (QED) is 0.854. The maximum absolute atomic E-state index is 9.04. The molecule has 0 atom stereocenters. The van der Waals surface area contributed by atoms with Crippen LogP contribution in [0.1, 0.15) is 26.7 Å². The van der Waals surface area contributed by atoms with Gasteiger partial charge in [-0.1, -0.05) is 0 Å². The fraction of sp³-hybridized carbons (Fsp3) is 0.533. The summed E-state index contributed by atoms with van der Waals surface area (Å²) in [5, 5.41) is 9.04. The van der Waals surface area contributed by atoms with Crippen LogP contribution in [0.2, 0.25) is 0 Å². The Labute approximate surface area is 119 Å². The zero-order valence-corrected chi connectivity index (χ0v) is 12.5. The van der Waals surface area contributed by atoms with E-state index >= 15 is 0 Å². The Balaban J connectivity index is 2.00. The topological polar surface area (TPSA) is 53.0 Å². The first kappa shape index (κ1) is 14.1. The smallest absolute Gasteiger partial charge is 0.0683 e. The van der Waals surface area contributed by atoms with Gasteiger partial charge in [-0.15, -0.1) is 11.8 Å². The Kier molecular flexibility index (Phi) is 4.26. The number of benzene rings is 1. The summed E-state index contributed by atoms with van der Waals surface area (Å²) < 4.78 is 0. The number of rotatable bonds is 4. The van der Waals surface area contributed by atoms with Crippen molar-refractivity contribution >= 4 is 23.1 Å². The number of nitriles is 1. The highest BCUT2D eigenvalue weighted by atomic mass is 32.2. The van der Waals surface area contributed by atoms with Gasteiger partial charge in [0.15, 0.2) is 0 Å². The average Bonchev–Trinajstić information content (AvgIpc) is 2.39. The van der Waals surface area contributed by atoms with Crippen LogP contribution in [0, 0.1) is 16.7 Å². The fourth-order valence-electron chi connectivity index (χ4n) is 2.29. The number of hydrogen-bond donors (Lipinski definition) is 1. The van der Waals surface area contributed by atoms with E-state index in [0.29, 0.717) is 0 Å². The first-order valence-corrected chi connectivity index (χ1v) is 7.69. The summed E-state index contributed by atoms with van der Waals surface area (Å²) in [5.74, 6) is 1.12. The minimum absolute atomic E-state index is 0.219. The summed E-state index contributed by atoms with van der Waals surface area (Å²) in [6.45, 7) is 6.08. The lowest BCUT2D eigenvalue weighted by Gasteiger charge is -2.31. The Morgan fingerprint density at radius 3 is 3.00 bits per heavy atom. The van der Waals surface area contributed by atoms with Crippen molar-refractivity contribution in [3.05, 3.63) is 18.2 Å². The third-order valence-electron chi connectivity index (χ3n) is 3.47. The van der Waals surface area contributed by atoms with Gasteiger partial charge in [0.1, 0.15) is 0 Å². The van der Waals surface area contributed by atoms with Gasteiger partial charge in [-0.3, -0.25) is 0 Å². The third kappa shape index (κ3) is 3.57. The Bertz CT molecular complexity index is 491. The molecule has 1 aromatic rings. The molecule has 0 spiro atoms. The summed E-state index contributed by atoms with van der Waals surface area (Å²) in [7, 11) is 0. The second kappa shape index (κ2) is 5.75. The molecule has 0 aliphatic carbocycles. The van der Waals surface area contributed by atoms with Crippen molar-refractivity contribution in [3.8, 4) is 6.07 Å². The number of fused-ring (bicyclic) bond motifs is 1. The van der Waals surface area contributed by atoms with E-state index in [-0.39, 0.29) is 5.41 Å². The van der Waals surface area contributed by atoms with Crippen LogP contribution in [0.5, 0.6) is 0 Å².